The number of rotatable bonds is 3. The van der Waals surface area contributed by atoms with Crippen LogP contribution in [0.2, 0.25) is 10.0 Å². The second-order valence-electron chi connectivity index (χ2n) is 2.95. The maximum Gasteiger partial charge on any atom is 0.181 e. The van der Waals surface area contributed by atoms with Gasteiger partial charge in [0.25, 0.3) is 0 Å². The molecule has 0 amide bonds. The molecule has 0 aliphatic rings. The van der Waals surface area contributed by atoms with Gasteiger partial charge in [0.1, 0.15) is 5.75 Å². The lowest BCUT2D eigenvalue weighted by atomic mass is 10.3. The highest BCUT2D eigenvalue weighted by Gasteiger charge is 2.06. The zero-order chi connectivity index (χ0) is 11.5. The summed E-state index contributed by atoms with van der Waals surface area (Å²) < 4.78 is 5.52. The van der Waals surface area contributed by atoms with Crippen molar-refractivity contribution < 1.29 is 9.53 Å². The molecular formula is C11H6Cl2O2S. The number of ether oxygens (including phenoxy) is 1. The zero-order valence-electron chi connectivity index (χ0n) is 7.94. The molecule has 2 aromatic rings. The summed E-state index contributed by atoms with van der Waals surface area (Å²) in [7, 11) is 0. The smallest absolute Gasteiger partial charge is 0.181 e. The van der Waals surface area contributed by atoms with Gasteiger partial charge in [-0.2, -0.15) is 0 Å². The third-order valence-electron chi connectivity index (χ3n) is 1.82. The van der Waals surface area contributed by atoms with E-state index in [-0.39, 0.29) is 0 Å². The van der Waals surface area contributed by atoms with Crippen LogP contribution in [-0.4, -0.2) is 6.29 Å². The first-order chi connectivity index (χ1) is 7.69. The van der Waals surface area contributed by atoms with Crippen molar-refractivity contribution in [1.29, 1.82) is 0 Å². The fourth-order valence-corrected chi connectivity index (χ4v) is 2.12. The van der Waals surface area contributed by atoms with Crippen LogP contribution in [0.5, 0.6) is 10.8 Å². The molecule has 0 atom stereocenters. The molecule has 2 nitrogen and oxygen atoms in total. The highest BCUT2D eigenvalue weighted by Crippen LogP contribution is 2.34. The molecule has 0 unspecified atom stereocenters. The van der Waals surface area contributed by atoms with E-state index in [2.05, 4.69) is 0 Å². The maximum absolute atomic E-state index is 10.5. The number of benzene rings is 1. The molecule has 0 N–H and O–H groups in total. The third kappa shape index (κ3) is 2.55. The first-order valence-electron chi connectivity index (χ1n) is 4.37. The standard InChI is InChI=1S/C11H6Cl2O2S/c12-7-1-3-9(13)10(5-7)15-11-4-2-8(6-14)16-11/h1-6H. The largest absolute Gasteiger partial charge is 0.445 e. The Hall–Kier alpha value is -1.03. The average molecular weight is 273 g/mol. The van der Waals surface area contributed by atoms with Gasteiger partial charge in [0.2, 0.25) is 0 Å². The van der Waals surface area contributed by atoms with Crippen LogP contribution in [0.15, 0.2) is 30.3 Å². The van der Waals surface area contributed by atoms with Crippen molar-refractivity contribution >= 4 is 40.8 Å². The summed E-state index contributed by atoms with van der Waals surface area (Å²) in [5.41, 5.74) is 0. The molecule has 16 heavy (non-hydrogen) atoms. The predicted molar refractivity (Wildman–Crippen MR) is 66.2 cm³/mol. The summed E-state index contributed by atoms with van der Waals surface area (Å²) in [4.78, 5) is 11.1. The van der Waals surface area contributed by atoms with Crippen LogP contribution in [0, 0.1) is 0 Å². The maximum atomic E-state index is 10.5. The zero-order valence-corrected chi connectivity index (χ0v) is 10.3. The van der Waals surface area contributed by atoms with E-state index < -0.39 is 0 Å². The van der Waals surface area contributed by atoms with E-state index in [1.807, 2.05) is 0 Å². The molecule has 2 rings (SSSR count). The second kappa shape index (κ2) is 4.87. The van der Waals surface area contributed by atoms with Crippen molar-refractivity contribution in [2.45, 2.75) is 0 Å². The van der Waals surface area contributed by atoms with Gasteiger partial charge in [-0.3, -0.25) is 4.79 Å². The Labute approximate surface area is 106 Å². The van der Waals surface area contributed by atoms with Gasteiger partial charge in [-0.1, -0.05) is 34.5 Å². The molecule has 1 aromatic heterocycles. The Morgan fingerprint density at radius 3 is 2.69 bits per heavy atom. The van der Waals surface area contributed by atoms with E-state index in [0.29, 0.717) is 25.7 Å². The van der Waals surface area contributed by atoms with Gasteiger partial charge in [-0.15, -0.1) is 0 Å². The fraction of sp³-hybridized carbons (Fsp3) is 0. The van der Waals surface area contributed by atoms with Crippen molar-refractivity contribution in [3.63, 3.8) is 0 Å². The van der Waals surface area contributed by atoms with Crippen LogP contribution in [0.1, 0.15) is 9.67 Å². The fourth-order valence-electron chi connectivity index (χ4n) is 1.12. The normalized spacial score (nSPS) is 10.1. The minimum absolute atomic E-state index is 0.477. The minimum Gasteiger partial charge on any atom is -0.445 e. The lowest BCUT2D eigenvalue weighted by molar-refractivity contribution is 0.112. The molecular weight excluding hydrogens is 267 g/mol. The van der Waals surface area contributed by atoms with Crippen molar-refractivity contribution in [2.75, 3.05) is 0 Å². The van der Waals surface area contributed by atoms with E-state index in [1.54, 1.807) is 30.3 Å². The molecule has 1 aromatic carbocycles. The molecule has 0 spiro atoms. The van der Waals surface area contributed by atoms with Gasteiger partial charge in [-0.05, 0) is 24.3 Å². The van der Waals surface area contributed by atoms with Crippen LogP contribution < -0.4 is 4.74 Å². The van der Waals surface area contributed by atoms with E-state index in [1.165, 1.54) is 11.3 Å². The number of hydrogen-bond acceptors (Lipinski definition) is 3. The van der Waals surface area contributed by atoms with Gasteiger partial charge >= 0.3 is 0 Å². The lowest BCUT2D eigenvalue weighted by Crippen LogP contribution is -1.81. The third-order valence-corrected chi connectivity index (χ3v) is 3.26. The molecule has 82 valence electrons. The topological polar surface area (TPSA) is 26.3 Å². The van der Waals surface area contributed by atoms with Crippen LogP contribution in [0.4, 0.5) is 0 Å². The van der Waals surface area contributed by atoms with Gasteiger partial charge in [0, 0.05) is 11.1 Å². The number of hydrogen-bond donors (Lipinski definition) is 0. The van der Waals surface area contributed by atoms with E-state index in [4.69, 9.17) is 27.9 Å². The van der Waals surface area contributed by atoms with Gasteiger partial charge in [-0.25, -0.2) is 0 Å². The SMILES string of the molecule is O=Cc1ccc(Oc2cc(Cl)ccc2Cl)s1. The molecule has 0 aliphatic heterocycles. The summed E-state index contributed by atoms with van der Waals surface area (Å²) in [5, 5.41) is 1.63. The Kier molecular flexibility index (Phi) is 3.49. The molecule has 5 heteroatoms. The Bertz CT molecular complexity index is 522. The van der Waals surface area contributed by atoms with Crippen molar-refractivity contribution in [3.8, 4) is 10.8 Å². The first-order valence-corrected chi connectivity index (χ1v) is 5.94. The van der Waals surface area contributed by atoms with Crippen LogP contribution in [0.3, 0.4) is 0 Å². The number of carbonyl (C=O) groups excluding carboxylic acids is 1. The molecule has 0 fully saturated rings. The van der Waals surface area contributed by atoms with Crippen LogP contribution >= 0.6 is 34.5 Å². The lowest BCUT2D eigenvalue weighted by Gasteiger charge is -2.04. The van der Waals surface area contributed by atoms with Gasteiger partial charge in [0.05, 0.1) is 9.90 Å². The van der Waals surface area contributed by atoms with E-state index >= 15 is 0 Å². The summed E-state index contributed by atoms with van der Waals surface area (Å²) >= 11 is 13.0. The highest BCUT2D eigenvalue weighted by molar-refractivity contribution is 7.15. The predicted octanol–water partition coefficient (Wildman–Crippen LogP) is 4.66. The van der Waals surface area contributed by atoms with Crippen molar-refractivity contribution in [1.82, 2.24) is 0 Å². The number of carbonyl (C=O) groups is 1. The summed E-state index contributed by atoms with van der Waals surface area (Å²) in [5.74, 6) is 0.480. The van der Waals surface area contributed by atoms with E-state index in [9.17, 15) is 4.79 Å². The van der Waals surface area contributed by atoms with Crippen molar-refractivity contribution in [2.24, 2.45) is 0 Å². The molecule has 0 aliphatic carbocycles. The van der Waals surface area contributed by atoms with E-state index in [0.717, 1.165) is 6.29 Å². The molecule has 0 saturated carbocycles. The number of aldehydes is 1. The average Bonchev–Trinajstić information content (AvgIpc) is 2.71. The quantitative estimate of drug-likeness (QED) is 0.760. The van der Waals surface area contributed by atoms with Crippen LogP contribution in [0.25, 0.3) is 0 Å². The highest BCUT2D eigenvalue weighted by atomic mass is 35.5. The summed E-state index contributed by atoms with van der Waals surface area (Å²) in [6, 6.07) is 8.37. The summed E-state index contributed by atoms with van der Waals surface area (Å²) in [6.45, 7) is 0. The van der Waals surface area contributed by atoms with Crippen LogP contribution in [-0.2, 0) is 0 Å². The second-order valence-corrected chi connectivity index (χ2v) is 4.87. The molecule has 0 saturated heterocycles. The van der Waals surface area contributed by atoms with Gasteiger partial charge in [0.15, 0.2) is 11.3 Å². The molecule has 0 bridgehead atoms. The molecule has 0 radical (unpaired) electrons. The monoisotopic (exact) mass is 272 g/mol. The van der Waals surface area contributed by atoms with Crippen molar-refractivity contribution in [3.05, 3.63) is 45.3 Å². The minimum atomic E-state index is 0.477. The number of thiophene rings is 1. The number of halogens is 2. The molecule has 1 heterocycles. The Morgan fingerprint density at radius 1 is 1.19 bits per heavy atom. The van der Waals surface area contributed by atoms with Gasteiger partial charge < -0.3 is 4.74 Å². The summed E-state index contributed by atoms with van der Waals surface area (Å²) in [6.07, 6.45) is 0.775. The first kappa shape index (κ1) is 11.5. The Morgan fingerprint density at radius 2 is 2.00 bits per heavy atom. The Balaban J connectivity index is 2.26.